The highest BCUT2D eigenvalue weighted by molar-refractivity contribution is 5.98. The van der Waals surface area contributed by atoms with Crippen molar-refractivity contribution in [1.82, 2.24) is 14.5 Å². The van der Waals surface area contributed by atoms with Crippen LogP contribution in [0.3, 0.4) is 0 Å². The molecule has 5 N–H and O–H groups in total. The minimum absolute atomic E-state index is 0.341. The Balaban J connectivity index is 1.86. The Labute approximate surface area is 137 Å². The minimum atomic E-state index is -1.18. The average Bonchev–Trinajstić information content (AvgIpc) is 3.28. The van der Waals surface area contributed by atoms with E-state index in [1.807, 2.05) is 18.2 Å². The second-order valence-corrected chi connectivity index (χ2v) is 5.96. The van der Waals surface area contributed by atoms with Gasteiger partial charge in [-0.15, -0.1) is 0 Å². The Hall–Kier alpha value is -2.26. The van der Waals surface area contributed by atoms with Crippen molar-refractivity contribution in [2.24, 2.45) is 0 Å². The van der Waals surface area contributed by atoms with Crippen LogP contribution in [-0.4, -0.2) is 54.8 Å². The van der Waals surface area contributed by atoms with Crippen LogP contribution in [0.5, 0.6) is 0 Å². The van der Waals surface area contributed by atoms with Crippen LogP contribution in [-0.2, 0) is 4.74 Å². The van der Waals surface area contributed by atoms with Gasteiger partial charge in [0.05, 0.1) is 12.0 Å². The van der Waals surface area contributed by atoms with Crippen molar-refractivity contribution in [3.05, 3.63) is 36.3 Å². The Kier molecular flexibility index (Phi) is 3.61. The molecule has 8 heteroatoms. The summed E-state index contributed by atoms with van der Waals surface area (Å²) in [5, 5.41) is 30.3. The van der Waals surface area contributed by atoms with E-state index in [1.165, 1.54) is 6.33 Å². The first-order valence-corrected chi connectivity index (χ1v) is 7.71. The fraction of sp³-hybridized carbons (Fsp3) is 0.375. The van der Waals surface area contributed by atoms with Gasteiger partial charge >= 0.3 is 0 Å². The van der Waals surface area contributed by atoms with Gasteiger partial charge < -0.3 is 30.4 Å². The third-order valence-electron chi connectivity index (χ3n) is 4.55. The normalized spacial score (nSPS) is 29.5. The van der Waals surface area contributed by atoms with E-state index in [1.54, 1.807) is 10.8 Å². The summed E-state index contributed by atoms with van der Waals surface area (Å²) in [5.41, 5.74) is 8.49. The summed E-state index contributed by atoms with van der Waals surface area (Å²) in [6, 6.07) is 0. The van der Waals surface area contributed by atoms with Crippen molar-refractivity contribution >= 4 is 22.4 Å². The standard InChI is InChI=1S/C16H18N4O4/c17-14-11-9(8-3-1-2-4-8)5-20(15(11)19-7-18-14)16-13(23)12(22)10(6-21)24-16/h1-3,5,7,10,12-13,16,21-23H,4,6H2,(H2,17,18,19)/t10-,12?,13+,16-/m1/s1. The quantitative estimate of drug-likeness (QED) is 0.622. The van der Waals surface area contributed by atoms with Gasteiger partial charge in [0, 0.05) is 11.8 Å². The highest BCUT2D eigenvalue weighted by Gasteiger charge is 2.44. The maximum absolute atomic E-state index is 10.3. The van der Waals surface area contributed by atoms with Gasteiger partial charge in [0.1, 0.15) is 36.1 Å². The van der Waals surface area contributed by atoms with Crippen LogP contribution in [0.4, 0.5) is 5.82 Å². The van der Waals surface area contributed by atoms with Crippen molar-refractivity contribution in [3.8, 4) is 0 Å². The van der Waals surface area contributed by atoms with E-state index in [2.05, 4.69) is 9.97 Å². The molecule has 3 heterocycles. The molecule has 0 radical (unpaired) electrons. The van der Waals surface area contributed by atoms with Gasteiger partial charge in [-0.1, -0.05) is 18.2 Å². The van der Waals surface area contributed by atoms with Gasteiger partial charge in [0.2, 0.25) is 0 Å². The number of fused-ring (bicyclic) bond motifs is 1. The largest absolute Gasteiger partial charge is 0.394 e. The third-order valence-corrected chi connectivity index (χ3v) is 4.55. The molecule has 1 fully saturated rings. The predicted octanol–water partition coefficient (Wildman–Crippen LogP) is -0.0317. The van der Waals surface area contributed by atoms with Crippen LogP contribution in [0.1, 0.15) is 18.2 Å². The Morgan fingerprint density at radius 1 is 1.29 bits per heavy atom. The first-order valence-electron chi connectivity index (χ1n) is 7.71. The zero-order valence-corrected chi connectivity index (χ0v) is 12.8. The van der Waals surface area contributed by atoms with Gasteiger partial charge in [-0.25, -0.2) is 9.97 Å². The van der Waals surface area contributed by atoms with Crippen LogP contribution >= 0.6 is 0 Å². The number of aromatic nitrogens is 3. The lowest BCUT2D eigenvalue weighted by Gasteiger charge is -2.17. The number of nitrogens with two attached hydrogens (primary N) is 1. The van der Waals surface area contributed by atoms with E-state index in [9.17, 15) is 15.3 Å². The topological polar surface area (TPSA) is 127 Å². The van der Waals surface area contributed by atoms with Crippen LogP contribution in [0.25, 0.3) is 16.6 Å². The molecule has 126 valence electrons. The van der Waals surface area contributed by atoms with E-state index in [4.69, 9.17) is 10.5 Å². The molecule has 2 aromatic rings. The molecule has 2 aliphatic rings. The third kappa shape index (κ3) is 2.15. The molecule has 0 amide bonds. The lowest BCUT2D eigenvalue weighted by molar-refractivity contribution is -0.0508. The summed E-state index contributed by atoms with van der Waals surface area (Å²) < 4.78 is 7.27. The summed E-state index contributed by atoms with van der Waals surface area (Å²) in [6.07, 6.45) is 5.83. The molecule has 8 nitrogen and oxygen atoms in total. The van der Waals surface area contributed by atoms with Crippen LogP contribution in [0.2, 0.25) is 0 Å². The zero-order chi connectivity index (χ0) is 16.8. The molecule has 2 aromatic heterocycles. The number of aliphatic hydroxyl groups excluding tert-OH is 3. The number of hydrogen-bond acceptors (Lipinski definition) is 7. The van der Waals surface area contributed by atoms with Crippen LogP contribution < -0.4 is 5.73 Å². The molecular weight excluding hydrogens is 312 g/mol. The molecule has 0 spiro atoms. The zero-order valence-electron chi connectivity index (χ0n) is 12.8. The minimum Gasteiger partial charge on any atom is -0.394 e. The second-order valence-electron chi connectivity index (χ2n) is 5.96. The van der Waals surface area contributed by atoms with Gasteiger partial charge in [0.15, 0.2) is 6.23 Å². The number of aliphatic hydroxyl groups is 3. The number of anilines is 1. The molecule has 1 unspecified atom stereocenters. The molecule has 1 aliphatic carbocycles. The molecule has 24 heavy (non-hydrogen) atoms. The van der Waals surface area contributed by atoms with Crippen molar-refractivity contribution in [2.45, 2.75) is 31.0 Å². The molecule has 0 saturated carbocycles. The highest BCUT2D eigenvalue weighted by Crippen LogP contribution is 2.38. The van der Waals surface area contributed by atoms with Crippen LogP contribution in [0.15, 0.2) is 30.8 Å². The average molecular weight is 330 g/mol. The number of rotatable bonds is 3. The molecule has 1 aliphatic heterocycles. The van der Waals surface area contributed by atoms with Gasteiger partial charge in [-0.05, 0) is 12.0 Å². The maximum Gasteiger partial charge on any atom is 0.164 e. The smallest absolute Gasteiger partial charge is 0.164 e. The summed E-state index contributed by atoms with van der Waals surface area (Å²) in [4.78, 5) is 8.34. The molecular formula is C16H18N4O4. The molecule has 4 rings (SSSR count). The SMILES string of the molecule is Nc1ncnc2c1c(C1=CC=CC1)cn2[C@@H]1O[C@H](CO)C(O)[C@@H]1O. The summed E-state index contributed by atoms with van der Waals surface area (Å²) in [6.45, 7) is -0.382. The van der Waals surface area contributed by atoms with E-state index >= 15 is 0 Å². The van der Waals surface area contributed by atoms with Gasteiger partial charge in [-0.3, -0.25) is 0 Å². The summed E-state index contributed by atoms with van der Waals surface area (Å²) >= 11 is 0. The van der Waals surface area contributed by atoms with Crippen molar-refractivity contribution < 1.29 is 20.1 Å². The van der Waals surface area contributed by atoms with E-state index in [0.717, 1.165) is 17.6 Å². The van der Waals surface area contributed by atoms with Crippen LogP contribution in [0, 0.1) is 0 Å². The monoisotopic (exact) mass is 330 g/mol. The first kappa shape index (κ1) is 15.3. The fourth-order valence-corrected chi connectivity index (χ4v) is 3.30. The fourth-order valence-electron chi connectivity index (χ4n) is 3.30. The highest BCUT2D eigenvalue weighted by atomic mass is 16.6. The Morgan fingerprint density at radius 2 is 2.12 bits per heavy atom. The van der Waals surface area contributed by atoms with E-state index < -0.39 is 24.5 Å². The van der Waals surface area contributed by atoms with Crippen molar-refractivity contribution in [2.75, 3.05) is 12.3 Å². The predicted molar refractivity (Wildman–Crippen MR) is 86.7 cm³/mol. The number of nitrogen functional groups attached to an aromatic ring is 1. The lowest BCUT2D eigenvalue weighted by Crippen LogP contribution is -2.33. The van der Waals surface area contributed by atoms with Gasteiger partial charge in [-0.2, -0.15) is 0 Å². The summed E-state index contributed by atoms with van der Waals surface area (Å²) in [7, 11) is 0. The van der Waals surface area contributed by atoms with E-state index in [0.29, 0.717) is 16.9 Å². The first-order chi connectivity index (χ1) is 11.6. The number of ether oxygens (including phenoxy) is 1. The number of allylic oxidation sites excluding steroid dienone is 4. The summed E-state index contributed by atoms with van der Waals surface area (Å²) in [5.74, 6) is 0.341. The van der Waals surface area contributed by atoms with Crippen molar-refractivity contribution in [1.29, 1.82) is 0 Å². The van der Waals surface area contributed by atoms with Gasteiger partial charge in [0.25, 0.3) is 0 Å². The molecule has 1 saturated heterocycles. The lowest BCUT2D eigenvalue weighted by atomic mass is 10.1. The maximum atomic E-state index is 10.3. The van der Waals surface area contributed by atoms with E-state index in [-0.39, 0.29) is 6.61 Å². The Morgan fingerprint density at radius 3 is 2.79 bits per heavy atom. The number of hydrogen-bond donors (Lipinski definition) is 4. The number of nitrogens with zero attached hydrogens (tertiary/aromatic N) is 3. The molecule has 0 bridgehead atoms. The Bertz CT molecular complexity index is 844. The molecule has 0 aromatic carbocycles. The second kappa shape index (κ2) is 5.67. The van der Waals surface area contributed by atoms with Crippen molar-refractivity contribution in [3.63, 3.8) is 0 Å². The molecule has 4 atom stereocenters.